The molecule has 1 atom stereocenters. The fourth-order valence-corrected chi connectivity index (χ4v) is 3.97. The third-order valence-electron chi connectivity index (χ3n) is 3.17. The van der Waals surface area contributed by atoms with Gasteiger partial charge in [0.15, 0.2) is 15.7 Å². The maximum absolute atomic E-state index is 11.9. The minimum absolute atomic E-state index is 0.231. The van der Waals surface area contributed by atoms with E-state index in [1.54, 1.807) is 0 Å². The van der Waals surface area contributed by atoms with Gasteiger partial charge in [-0.3, -0.25) is 0 Å². The van der Waals surface area contributed by atoms with Crippen molar-refractivity contribution in [2.24, 2.45) is 0 Å². The molecule has 0 bridgehead atoms. The summed E-state index contributed by atoms with van der Waals surface area (Å²) in [6, 6.07) is 0. The van der Waals surface area contributed by atoms with E-state index >= 15 is 0 Å². The summed E-state index contributed by atoms with van der Waals surface area (Å²) >= 11 is 0. The molecule has 1 aromatic rings. The second-order valence-corrected chi connectivity index (χ2v) is 6.91. The van der Waals surface area contributed by atoms with Crippen molar-refractivity contribution in [2.75, 3.05) is 19.3 Å². The van der Waals surface area contributed by atoms with Crippen molar-refractivity contribution >= 4 is 9.84 Å². The Bertz CT molecular complexity index is 483. The van der Waals surface area contributed by atoms with Gasteiger partial charge in [0.1, 0.15) is 5.25 Å². The van der Waals surface area contributed by atoms with Gasteiger partial charge in [-0.15, -0.1) is 0 Å². The molecule has 1 aliphatic heterocycles. The van der Waals surface area contributed by atoms with Crippen LogP contribution in [-0.2, 0) is 16.3 Å². The second-order valence-electron chi connectivity index (χ2n) is 4.61. The topological polar surface area (TPSA) is 85.1 Å². The van der Waals surface area contributed by atoms with Crippen molar-refractivity contribution in [3.8, 4) is 0 Å². The second kappa shape index (κ2) is 5.79. The van der Waals surface area contributed by atoms with Crippen LogP contribution in [0.4, 0.5) is 0 Å². The quantitative estimate of drug-likeness (QED) is 0.801. The molecule has 2 rings (SSSR count). The van der Waals surface area contributed by atoms with Gasteiger partial charge >= 0.3 is 0 Å². The van der Waals surface area contributed by atoms with Gasteiger partial charge in [-0.25, -0.2) is 8.42 Å². The number of nitrogens with one attached hydrogen (secondary N) is 1. The van der Waals surface area contributed by atoms with Gasteiger partial charge in [0.05, 0.1) is 5.75 Å². The van der Waals surface area contributed by atoms with Gasteiger partial charge < -0.3 is 9.84 Å². The van der Waals surface area contributed by atoms with E-state index in [4.69, 9.17) is 4.52 Å². The summed E-state index contributed by atoms with van der Waals surface area (Å²) in [6.07, 6.45) is 3.86. The zero-order valence-corrected chi connectivity index (χ0v) is 11.4. The normalized spacial score (nSPS) is 23.1. The van der Waals surface area contributed by atoms with Crippen molar-refractivity contribution in [1.82, 2.24) is 15.5 Å². The summed E-state index contributed by atoms with van der Waals surface area (Å²) in [4.78, 5) is 4.22. The third kappa shape index (κ3) is 3.08. The van der Waals surface area contributed by atoms with Crippen LogP contribution in [0.2, 0.25) is 0 Å². The minimum atomic E-state index is -3.10. The third-order valence-corrected chi connectivity index (χ3v) is 5.33. The van der Waals surface area contributed by atoms with Crippen LogP contribution < -0.4 is 5.32 Å². The molecule has 6 nitrogen and oxygen atoms in total. The average Bonchev–Trinajstić information content (AvgIpc) is 2.77. The van der Waals surface area contributed by atoms with Gasteiger partial charge in [-0.1, -0.05) is 11.6 Å². The van der Waals surface area contributed by atoms with E-state index in [-0.39, 0.29) is 11.6 Å². The molecule has 1 aromatic heterocycles. The molecule has 1 saturated heterocycles. The number of aromatic nitrogens is 2. The lowest BCUT2D eigenvalue weighted by Crippen LogP contribution is -2.21. The molecule has 1 N–H and O–H groups in total. The Morgan fingerprint density at radius 3 is 3.00 bits per heavy atom. The van der Waals surface area contributed by atoms with Crippen LogP contribution >= 0.6 is 0 Å². The van der Waals surface area contributed by atoms with Crippen LogP contribution in [0, 0.1) is 0 Å². The molecular weight excluding hydrogens is 254 g/mol. The molecule has 102 valence electrons. The SMILES string of the molecule is CNCCCc1noc(C2CCCCS2(=O)=O)n1. The van der Waals surface area contributed by atoms with E-state index in [2.05, 4.69) is 15.5 Å². The van der Waals surface area contributed by atoms with Crippen LogP contribution in [0.5, 0.6) is 0 Å². The molecule has 1 aliphatic rings. The van der Waals surface area contributed by atoms with Crippen molar-refractivity contribution in [1.29, 1.82) is 0 Å². The van der Waals surface area contributed by atoms with E-state index in [0.29, 0.717) is 18.7 Å². The van der Waals surface area contributed by atoms with E-state index < -0.39 is 15.1 Å². The molecule has 0 aromatic carbocycles. The first-order valence-electron chi connectivity index (χ1n) is 6.32. The predicted octanol–water partition coefficient (Wildman–Crippen LogP) is 0.861. The molecule has 1 unspecified atom stereocenters. The van der Waals surface area contributed by atoms with Crippen LogP contribution in [0.3, 0.4) is 0 Å². The summed E-state index contributed by atoms with van der Waals surface area (Å²) in [6.45, 7) is 0.881. The first-order valence-corrected chi connectivity index (χ1v) is 8.03. The van der Waals surface area contributed by atoms with Gasteiger partial charge in [0, 0.05) is 6.42 Å². The van der Waals surface area contributed by atoms with Crippen molar-refractivity contribution in [2.45, 2.75) is 37.4 Å². The largest absolute Gasteiger partial charge is 0.338 e. The smallest absolute Gasteiger partial charge is 0.244 e. The fraction of sp³-hybridized carbons (Fsp3) is 0.818. The zero-order valence-electron chi connectivity index (χ0n) is 10.6. The zero-order chi connectivity index (χ0) is 13.0. The number of nitrogens with zero attached hydrogens (tertiary/aromatic N) is 2. The van der Waals surface area contributed by atoms with Crippen LogP contribution in [0.15, 0.2) is 4.52 Å². The van der Waals surface area contributed by atoms with E-state index in [0.717, 1.165) is 25.8 Å². The lowest BCUT2D eigenvalue weighted by Gasteiger charge is -2.18. The van der Waals surface area contributed by atoms with Gasteiger partial charge in [-0.05, 0) is 32.9 Å². The van der Waals surface area contributed by atoms with Crippen LogP contribution in [-0.4, -0.2) is 37.9 Å². The van der Waals surface area contributed by atoms with Gasteiger partial charge in [0.2, 0.25) is 5.89 Å². The highest BCUT2D eigenvalue weighted by Gasteiger charge is 2.34. The number of hydrogen-bond donors (Lipinski definition) is 1. The minimum Gasteiger partial charge on any atom is -0.338 e. The van der Waals surface area contributed by atoms with Crippen molar-refractivity contribution in [3.05, 3.63) is 11.7 Å². The number of aryl methyl sites for hydroxylation is 1. The standard InChI is InChI=1S/C11H19N3O3S/c1-12-7-4-6-10-13-11(17-14-10)9-5-2-3-8-18(9,15)16/h9,12H,2-8H2,1H3. The van der Waals surface area contributed by atoms with Gasteiger partial charge in [0.25, 0.3) is 0 Å². The first-order chi connectivity index (χ1) is 8.63. The average molecular weight is 273 g/mol. The Hall–Kier alpha value is -0.950. The molecule has 2 heterocycles. The van der Waals surface area contributed by atoms with E-state index in [1.165, 1.54) is 0 Å². The maximum Gasteiger partial charge on any atom is 0.244 e. The van der Waals surface area contributed by atoms with Crippen LogP contribution in [0.25, 0.3) is 0 Å². The number of hydrogen-bond acceptors (Lipinski definition) is 6. The Kier molecular flexibility index (Phi) is 4.34. The highest BCUT2D eigenvalue weighted by atomic mass is 32.2. The Labute approximate surface area is 107 Å². The molecule has 1 fully saturated rings. The molecule has 7 heteroatoms. The number of sulfone groups is 1. The molecular formula is C11H19N3O3S. The maximum atomic E-state index is 11.9. The molecule has 0 radical (unpaired) electrons. The Morgan fingerprint density at radius 1 is 1.44 bits per heavy atom. The highest BCUT2D eigenvalue weighted by molar-refractivity contribution is 7.91. The fourth-order valence-electron chi connectivity index (χ4n) is 2.15. The Morgan fingerprint density at radius 2 is 2.28 bits per heavy atom. The predicted molar refractivity (Wildman–Crippen MR) is 66.9 cm³/mol. The lowest BCUT2D eigenvalue weighted by atomic mass is 10.2. The molecule has 0 saturated carbocycles. The summed E-state index contributed by atoms with van der Waals surface area (Å²) in [7, 11) is -1.21. The summed E-state index contributed by atoms with van der Waals surface area (Å²) < 4.78 is 28.9. The molecule has 18 heavy (non-hydrogen) atoms. The molecule has 0 aliphatic carbocycles. The Balaban J connectivity index is 2.04. The summed E-state index contributed by atoms with van der Waals surface area (Å²) in [5, 5.41) is 6.30. The van der Waals surface area contributed by atoms with Crippen molar-refractivity contribution < 1.29 is 12.9 Å². The number of rotatable bonds is 5. The molecule has 0 amide bonds. The van der Waals surface area contributed by atoms with Crippen molar-refractivity contribution in [3.63, 3.8) is 0 Å². The monoisotopic (exact) mass is 273 g/mol. The highest BCUT2D eigenvalue weighted by Crippen LogP contribution is 2.32. The lowest BCUT2D eigenvalue weighted by molar-refractivity contribution is 0.359. The summed E-state index contributed by atoms with van der Waals surface area (Å²) in [5.74, 6) is 1.10. The first kappa shape index (κ1) is 13.5. The van der Waals surface area contributed by atoms with Crippen LogP contribution in [0.1, 0.15) is 42.6 Å². The van der Waals surface area contributed by atoms with E-state index in [1.807, 2.05) is 7.05 Å². The van der Waals surface area contributed by atoms with Gasteiger partial charge in [-0.2, -0.15) is 4.98 Å². The van der Waals surface area contributed by atoms with E-state index in [9.17, 15) is 8.42 Å². The summed E-state index contributed by atoms with van der Waals surface area (Å²) in [5.41, 5.74) is 0. The molecule has 0 spiro atoms.